The highest BCUT2D eigenvalue weighted by molar-refractivity contribution is 5.69. The third kappa shape index (κ3) is 8.75. The lowest BCUT2D eigenvalue weighted by molar-refractivity contribution is -0.142. The Kier molecular flexibility index (Phi) is 10.6. The van der Waals surface area contributed by atoms with E-state index in [1.807, 2.05) is 0 Å². The molecule has 2 nitrogen and oxygen atoms in total. The van der Waals surface area contributed by atoms with Gasteiger partial charge < -0.3 is 5.11 Å². The van der Waals surface area contributed by atoms with Crippen molar-refractivity contribution >= 4 is 5.97 Å². The van der Waals surface area contributed by atoms with E-state index < -0.39 is 5.97 Å². The van der Waals surface area contributed by atoms with Crippen LogP contribution in [0.4, 0.5) is 0 Å². The minimum absolute atomic E-state index is 0.0916. The standard InChI is InChI=1S/C14H28O2/c1-3-5-7-8-9-10-12-13(14(15)16)11-6-4-2/h13H,3-12H2,1-2H3,(H,15,16)/t13-/m0/s1. The van der Waals surface area contributed by atoms with Gasteiger partial charge in [-0.3, -0.25) is 4.79 Å². The third-order valence-electron chi connectivity index (χ3n) is 3.16. The zero-order chi connectivity index (χ0) is 12.2. The highest BCUT2D eigenvalue weighted by Crippen LogP contribution is 2.17. The smallest absolute Gasteiger partial charge is 0.306 e. The van der Waals surface area contributed by atoms with Gasteiger partial charge in [0.15, 0.2) is 0 Å². The van der Waals surface area contributed by atoms with Crippen LogP contribution in [0.1, 0.15) is 78.1 Å². The molecule has 96 valence electrons. The molecule has 16 heavy (non-hydrogen) atoms. The Morgan fingerprint density at radius 1 is 0.875 bits per heavy atom. The lowest BCUT2D eigenvalue weighted by Crippen LogP contribution is -2.13. The predicted octanol–water partition coefficient (Wildman–Crippen LogP) is 4.63. The topological polar surface area (TPSA) is 37.3 Å². The summed E-state index contributed by atoms with van der Waals surface area (Å²) in [5.41, 5.74) is 0. The highest BCUT2D eigenvalue weighted by Gasteiger charge is 2.15. The molecule has 0 spiro atoms. The quantitative estimate of drug-likeness (QED) is 0.523. The molecule has 0 aromatic heterocycles. The fourth-order valence-corrected chi connectivity index (χ4v) is 2.01. The van der Waals surface area contributed by atoms with Gasteiger partial charge in [0.25, 0.3) is 0 Å². The molecule has 0 saturated carbocycles. The number of hydrogen-bond acceptors (Lipinski definition) is 1. The Morgan fingerprint density at radius 3 is 1.94 bits per heavy atom. The van der Waals surface area contributed by atoms with Crippen LogP contribution < -0.4 is 0 Å². The van der Waals surface area contributed by atoms with Gasteiger partial charge in [0, 0.05) is 0 Å². The van der Waals surface area contributed by atoms with Gasteiger partial charge in [0.1, 0.15) is 0 Å². The van der Waals surface area contributed by atoms with Crippen LogP contribution in [0.15, 0.2) is 0 Å². The molecule has 0 unspecified atom stereocenters. The molecule has 0 aliphatic rings. The lowest BCUT2D eigenvalue weighted by Gasteiger charge is -2.11. The van der Waals surface area contributed by atoms with Crippen molar-refractivity contribution in [2.45, 2.75) is 78.1 Å². The van der Waals surface area contributed by atoms with Crippen molar-refractivity contribution < 1.29 is 9.90 Å². The molecule has 0 rings (SSSR count). The van der Waals surface area contributed by atoms with Crippen molar-refractivity contribution in [1.29, 1.82) is 0 Å². The first-order valence-electron chi connectivity index (χ1n) is 6.95. The molecule has 0 saturated heterocycles. The van der Waals surface area contributed by atoms with Gasteiger partial charge >= 0.3 is 5.97 Å². The van der Waals surface area contributed by atoms with E-state index in [1.165, 1.54) is 32.1 Å². The molecule has 1 atom stereocenters. The van der Waals surface area contributed by atoms with E-state index in [1.54, 1.807) is 0 Å². The number of carboxylic acid groups (broad SMARTS) is 1. The third-order valence-corrected chi connectivity index (χ3v) is 3.16. The largest absolute Gasteiger partial charge is 0.481 e. The van der Waals surface area contributed by atoms with Gasteiger partial charge in [-0.15, -0.1) is 0 Å². The number of aliphatic carboxylic acids is 1. The zero-order valence-corrected chi connectivity index (χ0v) is 11.0. The van der Waals surface area contributed by atoms with E-state index >= 15 is 0 Å². The van der Waals surface area contributed by atoms with E-state index in [0.29, 0.717) is 0 Å². The van der Waals surface area contributed by atoms with Crippen LogP contribution in [-0.2, 0) is 4.79 Å². The Hall–Kier alpha value is -0.530. The summed E-state index contributed by atoms with van der Waals surface area (Å²) in [6.45, 7) is 4.33. The van der Waals surface area contributed by atoms with Gasteiger partial charge in [0.05, 0.1) is 5.92 Å². The maximum absolute atomic E-state index is 11.0. The molecule has 0 bridgehead atoms. The number of hydrogen-bond donors (Lipinski definition) is 1. The first-order chi connectivity index (χ1) is 7.72. The van der Waals surface area contributed by atoms with E-state index in [2.05, 4.69) is 13.8 Å². The van der Waals surface area contributed by atoms with Crippen LogP contribution in [0.3, 0.4) is 0 Å². The van der Waals surface area contributed by atoms with Crippen LogP contribution >= 0.6 is 0 Å². The monoisotopic (exact) mass is 228 g/mol. The second-order valence-corrected chi connectivity index (χ2v) is 4.73. The van der Waals surface area contributed by atoms with Crippen molar-refractivity contribution in [3.63, 3.8) is 0 Å². The number of carbonyl (C=O) groups is 1. The number of unbranched alkanes of at least 4 members (excludes halogenated alkanes) is 6. The SMILES string of the molecule is CCCCCCCC[C@H](CCCC)C(=O)O. The first kappa shape index (κ1) is 15.5. The summed E-state index contributed by atoms with van der Waals surface area (Å²) in [5, 5.41) is 9.04. The minimum atomic E-state index is -0.595. The van der Waals surface area contributed by atoms with Crippen LogP contribution in [0.5, 0.6) is 0 Å². The molecule has 0 amide bonds. The number of rotatable bonds is 11. The summed E-state index contributed by atoms with van der Waals surface area (Å²) in [4.78, 5) is 11.0. The molecular weight excluding hydrogens is 200 g/mol. The number of carboxylic acids is 1. The van der Waals surface area contributed by atoms with Crippen LogP contribution in [0.25, 0.3) is 0 Å². The summed E-state index contributed by atoms with van der Waals surface area (Å²) in [7, 11) is 0. The van der Waals surface area contributed by atoms with E-state index in [0.717, 1.165) is 32.1 Å². The molecule has 0 aliphatic carbocycles. The normalized spacial score (nSPS) is 12.6. The maximum Gasteiger partial charge on any atom is 0.306 e. The Labute approximate surface area is 100 Å². The molecule has 0 aromatic carbocycles. The summed E-state index contributed by atoms with van der Waals surface area (Å²) < 4.78 is 0. The molecular formula is C14H28O2. The second-order valence-electron chi connectivity index (χ2n) is 4.73. The van der Waals surface area contributed by atoms with Crippen LogP contribution in [-0.4, -0.2) is 11.1 Å². The van der Waals surface area contributed by atoms with Gasteiger partial charge in [-0.2, -0.15) is 0 Å². The molecule has 0 radical (unpaired) electrons. The fraction of sp³-hybridized carbons (Fsp3) is 0.929. The maximum atomic E-state index is 11.0. The van der Waals surface area contributed by atoms with Gasteiger partial charge in [-0.05, 0) is 12.8 Å². The summed E-state index contributed by atoms with van der Waals surface area (Å²) in [6, 6.07) is 0. The molecule has 0 fully saturated rings. The Bertz CT molecular complexity index is 166. The Balaban J connectivity index is 3.48. The molecule has 2 heteroatoms. The van der Waals surface area contributed by atoms with E-state index in [4.69, 9.17) is 5.11 Å². The average molecular weight is 228 g/mol. The molecule has 0 aliphatic heterocycles. The van der Waals surface area contributed by atoms with Crippen molar-refractivity contribution in [2.24, 2.45) is 5.92 Å². The fourth-order valence-electron chi connectivity index (χ4n) is 2.01. The van der Waals surface area contributed by atoms with Crippen molar-refractivity contribution in [2.75, 3.05) is 0 Å². The molecule has 0 aromatic rings. The van der Waals surface area contributed by atoms with Crippen LogP contribution in [0, 0.1) is 5.92 Å². The summed E-state index contributed by atoms with van der Waals surface area (Å²) >= 11 is 0. The van der Waals surface area contributed by atoms with Gasteiger partial charge in [0.2, 0.25) is 0 Å². The summed E-state index contributed by atoms with van der Waals surface area (Å²) in [6.07, 6.45) is 11.3. The molecule has 0 heterocycles. The lowest BCUT2D eigenvalue weighted by atomic mass is 9.95. The van der Waals surface area contributed by atoms with Crippen molar-refractivity contribution in [1.82, 2.24) is 0 Å². The van der Waals surface area contributed by atoms with E-state index in [-0.39, 0.29) is 5.92 Å². The second kappa shape index (κ2) is 11.0. The minimum Gasteiger partial charge on any atom is -0.481 e. The van der Waals surface area contributed by atoms with Crippen molar-refractivity contribution in [3.05, 3.63) is 0 Å². The summed E-state index contributed by atoms with van der Waals surface area (Å²) in [5.74, 6) is -0.687. The predicted molar refractivity (Wildman–Crippen MR) is 68.6 cm³/mol. The van der Waals surface area contributed by atoms with Crippen molar-refractivity contribution in [3.8, 4) is 0 Å². The first-order valence-corrected chi connectivity index (χ1v) is 6.95. The zero-order valence-electron chi connectivity index (χ0n) is 11.0. The van der Waals surface area contributed by atoms with Crippen LogP contribution in [0.2, 0.25) is 0 Å². The average Bonchev–Trinajstić information content (AvgIpc) is 2.26. The van der Waals surface area contributed by atoms with Gasteiger partial charge in [-0.1, -0.05) is 65.2 Å². The molecule has 1 N–H and O–H groups in total. The van der Waals surface area contributed by atoms with E-state index in [9.17, 15) is 4.79 Å². The van der Waals surface area contributed by atoms with Gasteiger partial charge in [-0.25, -0.2) is 0 Å². The Morgan fingerprint density at radius 2 is 1.38 bits per heavy atom. The highest BCUT2D eigenvalue weighted by atomic mass is 16.4.